The van der Waals surface area contributed by atoms with Gasteiger partial charge in [-0.25, -0.2) is 0 Å². The van der Waals surface area contributed by atoms with Gasteiger partial charge < -0.3 is 5.32 Å². The van der Waals surface area contributed by atoms with Crippen LogP contribution in [0.1, 0.15) is 37.7 Å². The number of benzene rings is 1. The molecular weight excluding hydrogens is 274 g/mol. The third-order valence-corrected chi connectivity index (χ3v) is 3.77. The first kappa shape index (κ1) is 12.8. The van der Waals surface area contributed by atoms with Crippen LogP contribution in [0, 0.1) is 0 Å². The molecule has 1 aliphatic rings. The molecule has 0 radical (unpaired) electrons. The second-order valence-electron chi connectivity index (χ2n) is 4.67. The largest absolute Gasteiger partial charge is 0.311 e. The molecule has 0 bridgehead atoms. The number of hydrogen-bond donors (Lipinski definition) is 1. The van der Waals surface area contributed by atoms with Crippen LogP contribution in [0.25, 0.3) is 6.08 Å². The van der Waals surface area contributed by atoms with Gasteiger partial charge in [-0.05, 0) is 37.1 Å². The van der Waals surface area contributed by atoms with Crippen LogP contribution in [-0.2, 0) is 0 Å². The summed E-state index contributed by atoms with van der Waals surface area (Å²) in [6.07, 6.45) is 11.3. The molecule has 2 rings (SSSR count). The molecule has 1 nitrogen and oxygen atoms in total. The number of halogens is 1. The Balaban J connectivity index is 1.91. The second-order valence-corrected chi connectivity index (χ2v) is 5.59. The zero-order chi connectivity index (χ0) is 11.9. The van der Waals surface area contributed by atoms with E-state index >= 15 is 0 Å². The highest BCUT2D eigenvalue weighted by molar-refractivity contribution is 9.10. The van der Waals surface area contributed by atoms with Gasteiger partial charge in [0.05, 0.1) is 0 Å². The maximum atomic E-state index is 3.61. The summed E-state index contributed by atoms with van der Waals surface area (Å²) >= 11 is 3.46. The summed E-state index contributed by atoms with van der Waals surface area (Å²) in [5.74, 6) is 0. The summed E-state index contributed by atoms with van der Waals surface area (Å²) in [7, 11) is 0. The molecule has 0 spiro atoms. The molecule has 1 atom stereocenters. The molecule has 1 fully saturated rings. The smallest absolute Gasteiger partial charge is 0.0253 e. The quantitative estimate of drug-likeness (QED) is 0.853. The molecule has 92 valence electrons. The fraction of sp³-hybridized carbons (Fsp3) is 0.467. The van der Waals surface area contributed by atoms with Crippen molar-refractivity contribution in [2.45, 2.75) is 38.1 Å². The molecule has 1 N–H and O–H groups in total. The van der Waals surface area contributed by atoms with Crippen LogP contribution in [0.3, 0.4) is 0 Å². The van der Waals surface area contributed by atoms with Gasteiger partial charge in [0.15, 0.2) is 0 Å². The van der Waals surface area contributed by atoms with Crippen molar-refractivity contribution in [3.05, 3.63) is 40.4 Å². The highest BCUT2D eigenvalue weighted by Crippen LogP contribution is 2.14. The van der Waals surface area contributed by atoms with E-state index in [0.29, 0.717) is 6.04 Å². The molecule has 2 heteroatoms. The SMILES string of the molecule is Brc1ccc(/C=C/C2CCCCCCN2)cc1. The second kappa shape index (κ2) is 6.97. The molecule has 0 saturated carbocycles. The Bertz CT molecular complexity index is 348. The molecule has 17 heavy (non-hydrogen) atoms. The predicted molar refractivity (Wildman–Crippen MR) is 78.1 cm³/mol. The monoisotopic (exact) mass is 293 g/mol. The molecule has 1 saturated heterocycles. The lowest BCUT2D eigenvalue weighted by Crippen LogP contribution is -2.29. The Morgan fingerprint density at radius 3 is 2.65 bits per heavy atom. The van der Waals surface area contributed by atoms with Crippen molar-refractivity contribution < 1.29 is 0 Å². The highest BCUT2D eigenvalue weighted by Gasteiger charge is 2.06. The Labute approximate surface area is 112 Å². The Hall–Kier alpha value is -0.600. The normalized spacial score (nSPS) is 22.3. The van der Waals surface area contributed by atoms with Crippen molar-refractivity contribution in [3.63, 3.8) is 0 Å². The van der Waals surface area contributed by atoms with Crippen LogP contribution in [-0.4, -0.2) is 12.6 Å². The van der Waals surface area contributed by atoms with E-state index in [2.05, 4.69) is 57.7 Å². The van der Waals surface area contributed by atoms with Gasteiger partial charge in [0.25, 0.3) is 0 Å². The summed E-state index contributed by atoms with van der Waals surface area (Å²) < 4.78 is 1.14. The van der Waals surface area contributed by atoms with E-state index in [9.17, 15) is 0 Å². The van der Waals surface area contributed by atoms with E-state index in [0.717, 1.165) is 11.0 Å². The third-order valence-electron chi connectivity index (χ3n) is 3.24. The van der Waals surface area contributed by atoms with Crippen molar-refractivity contribution in [1.82, 2.24) is 5.32 Å². The van der Waals surface area contributed by atoms with Gasteiger partial charge in [0.1, 0.15) is 0 Å². The van der Waals surface area contributed by atoms with E-state index in [4.69, 9.17) is 0 Å². The minimum Gasteiger partial charge on any atom is -0.311 e. The van der Waals surface area contributed by atoms with Gasteiger partial charge in [-0.2, -0.15) is 0 Å². The first-order chi connectivity index (χ1) is 8.34. The molecule has 1 aliphatic heterocycles. The van der Waals surface area contributed by atoms with E-state index in [1.165, 1.54) is 37.7 Å². The lowest BCUT2D eigenvalue weighted by atomic mass is 10.0. The van der Waals surface area contributed by atoms with Crippen LogP contribution < -0.4 is 5.32 Å². The van der Waals surface area contributed by atoms with Gasteiger partial charge >= 0.3 is 0 Å². The van der Waals surface area contributed by atoms with Crippen molar-refractivity contribution in [2.24, 2.45) is 0 Å². The van der Waals surface area contributed by atoms with Crippen LogP contribution >= 0.6 is 15.9 Å². The lowest BCUT2D eigenvalue weighted by Gasteiger charge is -2.18. The molecule has 0 amide bonds. The Kier molecular flexibility index (Phi) is 5.27. The van der Waals surface area contributed by atoms with E-state index in [-0.39, 0.29) is 0 Å². The van der Waals surface area contributed by atoms with Gasteiger partial charge in [0, 0.05) is 10.5 Å². The molecule has 1 aromatic carbocycles. The Morgan fingerprint density at radius 1 is 1.06 bits per heavy atom. The highest BCUT2D eigenvalue weighted by atomic mass is 79.9. The van der Waals surface area contributed by atoms with Gasteiger partial charge in [-0.15, -0.1) is 0 Å². The number of hydrogen-bond acceptors (Lipinski definition) is 1. The summed E-state index contributed by atoms with van der Waals surface area (Å²) in [5.41, 5.74) is 1.28. The zero-order valence-electron chi connectivity index (χ0n) is 10.2. The maximum Gasteiger partial charge on any atom is 0.0253 e. The van der Waals surface area contributed by atoms with Crippen molar-refractivity contribution in [1.29, 1.82) is 0 Å². The summed E-state index contributed by atoms with van der Waals surface area (Å²) in [6.45, 7) is 1.16. The predicted octanol–water partition coefficient (Wildman–Crippen LogP) is 4.38. The van der Waals surface area contributed by atoms with Crippen LogP contribution in [0.15, 0.2) is 34.8 Å². The average Bonchev–Trinajstić information content (AvgIpc) is 2.30. The van der Waals surface area contributed by atoms with Gasteiger partial charge in [-0.1, -0.05) is 59.5 Å². The minimum absolute atomic E-state index is 0.555. The maximum absolute atomic E-state index is 3.61. The van der Waals surface area contributed by atoms with Crippen LogP contribution in [0.2, 0.25) is 0 Å². The first-order valence-corrected chi connectivity index (χ1v) is 7.31. The topological polar surface area (TPSA) is 12.0 Å². The first-order valence-electron chi connectivity index (χ1n) is 6.52. The molecule has 1 aromatic rings. The van der Waals surface area contributed by atoms with Crippen molar-refractivity contribution in [3.8, 4) is 0 Å². The van der Waals surface area contributed by atoms with E-state index < -0.39 is 0 Å². The number of nitrogens with one attached hydrogen (secondary N) is 1. The van der Waals surface area contributed by atoms with Crippen molar-refractivity contribution >= 4 is 22.0 Å². The minimum atomic E-state index is 0.555. The molecule has 1 unspecified atom stereocenters. The van der Waals surface area contributed by atoms with E-state index in [1.807, 2.05) is 0 Å². The molecule has 1 heterocycles. The fourth-order valence-electron chi connectivity index (χ4n) is 2.20. The number of rotatable bonds is 2. The summed E-state index contributed by atoms with van der Waals surface area (Å²) in [5, 5.41) is 3.61. The summed E-state index contributed by atoms with van der Waals surface area (Å²) in [4.78, 5) is 0. The molecule has 0 aromatic heterocycles. The standard InChI is InChI=1S/C15H20BrN/c16-14-9-6-13(7-10-14)8-11-15-5-3-1-2-4-12-17-15/h6-11,15,17H,1-5,12H2/b11-8+. The zero-order valence-corrected chi connectivity index (χ0v) is 11.7. The van der Waals surface area contributed by atoms with Gasteiger partial charge in [-0.3, -0.25) is 0 Å². The average molecular weight is 294 g/mol. The van der Waals surface area contributed by atoms with Crippen molar-refractivity contribution in [2.75, 3.05) is 6.54 Å². The third kappa shape index (κ3) is 4.64. The Morgan fingerprint density at radius 2 is 1.82 bits per heavy atom. The van der Waals surface area contributed by atoms with E-state index in [1.54, 1.807) is 0 Å². The molecular formula is C15H20BrN. The summed E-state index contributed by atoms with van der Waals surface area (Å²) in [6, 6.07) is 9.02. The molecule has 0 aliphatic carbocycles. The van der Waals surface area contributed by atoms with Crippen LogP contribution in [0.4, 0.5) is 0 Å². The van der Waals surface area contributed by atoms with Gasteiger partial charge in [0.2, 0.25) is 0 Å². The lowest BCUT2D eigenvalue weighted by molar-refractivity contribution is 0.465. The van der Waals surface area contributed by atoms with Crippen LogP contribution in [0.5, 0.6) is 0 Å². The fourth-order valence-corrected chi connectivity index (χ4v) is 2.46.